The van der Waals surface area contributed by atoms with Gasteiger partial charge in [-0.05, 0) is 57.5 Å². The third-order valence-corrected chi connectivity index (χ3v) is 5.01. The number of carbonyl (C=O) groups excluding carboxylic acids is 1. The summed E-state index contributed by atoms with van der Waals surface area (Å²) in [7, 11) is 3.95. The molecule has 0 radical (unpaired) electrons. The molecule has 2 amide bonds. The van der Waals surface area contributed by atoms with Gasteiger partial charge in [-0.25, -0.2) is 4.79 Å². The third kappa shape index (κ3) is 6.50. The number of benzene rings is 1. The van der Waals surface area contributed by atoms with E-state index in [0.29, 0.717) is 43.8 Å². The number of rotatable bonds is 7. The van der Waals surface area contributed by atoms with Crippen molar-refractivity contribution in [3.8, 4) is 0 Å². The number of hydrogen-bond donors (Lipinski definition) is 2. The first-order valence-electron chi connectivity index (χ1n) is 9.02. The van der Waals surface area contributed by atoms with Gasteiger partial charge in [0.2, 0.25) is 0 Å². The Morgan fingerprint density at radius 3 is 2.46 bits per heavy atom. The SMILES string of the molecule is CN(C)CCN(Cc1cccc(Cl)c1)C(=O)NC1CCC(C(=O)O)CC1. The van der Waals surface area contributed by atoms with E-state index in [2.05, 4.69) is 5.32 Å². The molecule has 0 heterocycles. The van der Waals surface area contributed by atoms with Gasteiger partial charge in [0.25, 0.3) is 0 Å². The molecule has 2 N–H and O–H groups in total. The highest BCUT2D eigenvalue weighted by Crippen LogP contribution is 2.24. The third-order valence-electron chi connectivity index (χ3n) is 4.77. The van der Waals surface area contributed by atoms with E-state index in [9.17, 15) is 9.59 Å². The molecule has 2 rings (SSSR count). The molecule has 7 heteroatoms. The number of carboxylic acid groups (broad SMARTS) is 1. The quantitative estimate of drug-likeness (QED) is 0.761. The molecule has 0 aromatic heterocycles. The van der Waals surface area contributed by atoms with Crippen molar-refractivity contribution >= 4 is 23.6 Å². The van der Waals surface area contributed by atoms with Gasteiger partial charge in [0, 0.05) is 30.7 Å². The van der Waals surface area contributed by atoms with Gasteiger partial charge in [-0.1, -0.05) is 23.7 Å². The first-order valence-corrected chi connectivity index (χ1v) is 9.40. The number of aliphatic carboxylic acids is 1. The predicted octanol–water partition coefficient (Wildman–Crippen LogP) is 3.06. The van der Waals surface area contributed by atoms with Crippen LogP contribution in [0.2, 0.25) is 5.02 Å². The lowest BCUT2D eigenvalue weighted by molar-refractivity contribution is -0.142. The fraction of sp³-hybridized carbons (Fsp3) is 0.579. The molecule has 1 aromatic carbocycles. The van der Waals surface area contributed by atoms with Crippen molar-refractivity contribution in [1.29, 1.82) is 0 Å². The van der Waals surface area contributed by atoms with E-state index in [1.54, 1.807) is 4.90 Å². The zero-order valence-corrected chi connectivity index (χ0v) is 16.2. The molecule has 0 saturated heterocycles. The number of amides is 2. The van der Waals surface area contributed by atoms with E-state index < -0.39 is 5.97 Å². The predicted molar refractivity (Wildman–Crippen MR) is 102 cm³/mol. The Hall–Kier alpha value is -1.79. The van der Waals surface area contributed by atoms with E-state index >= 15 is 0 Å². The van der Waals surface area contributed by atoms with Crippen molar-refractivity contribution in [3.63, 3.8) is 0 Å². The molecule has 0 unspecified atom stereocenters. The zero-order valence-electron chi connectivity index (χ0n) is 15.4. The van der Waals surface area contributed by atoms with Crippen LogP contribution < -0.4 is 5.32 Å². The number of nitrogens with zero attached hydrogens (tertiary/aromatic N) is 2. The maximum atomic E-state index is 12.8. The molecule has 0 bridgehead atoms. The highest BCUT2D eigenvalue weighted by atomic mass is 35.5. The minimum absolute atomic E-state index is 0.0410. The molecular formula is C19H28ClN3O3. The van der Waals surface area contributed by atoms with Gasteiger partial charge in [-0.2, -0.15) is 0 Å². The minimum atomic E-state index is -0.733. The fourth-order valence-electron chi connectivity index (χ4n) is 3.18. The van der Waals surface area contributed by atoms with Gasteiger partial charge in [0.15, 0.2) is 0 Å². The second kappa shape index (κ2) is 9.78. The Labute approximate surface area is 160 Å². The average molecular weight is 382 g/mol. The lowest BCUT2D eigenvalue weighted by Gasteiger charge is -2.31. The number of urea groups is 1. The minimum Gasteiger partial charge on any atom is -0.481 e. The number of carbonyl (C=O) groups is 2. The van der Waals surface area contributed by atoms with E-state index in [1.165, 1.54) is 0 Å². The van der Waals surface area contributed by atoms with Gasteiger partial charge >= 0.3 is 12.0 Å². The Kier molecular flexibility index (Phi) is 7.72. The Balaban J connectivity index is 1.95. The van der Waals surface area contributed by atoms with Crippen LogP contribution >= 0.6 is 11.6 Å². The van der Waals surface area contributed by atoms with Crippen LogP contribution in [0.3, 0.4) is 0 Å². The van der Waals surface area contributed by atoms with Gasteiger partial charge in [-0.3, -0.25) is 4.79 Å². The molecule has 0 spiro atoms. The van der Waals surface area contributed by atoms with Crippen LogP contribution in [0.4, 0.5) is 4.79 Å². The molecule has 6 nitrogen and oxygen atoms in total. The highest BCUT2D eigenvalue weighted by molar-refractivity contribution is 6.30. The Bertz CT molecular complexity index is 616. The molecule has 0 atom stereocenters. The topological polar surface area (TPSA) is 72.9 Å². The van der Waals surface area contributed by atoms with Crippen molar-refractivity contribution in [1.82, 2.24) is 15.1 Å². The van der Waals surface area contributed by atoms with Crippen LogP contribution in [-0.4, -0.2) is 60.1 Å². The van der Waals surface area contributed by atoms with E-state index in [-0.39, 0.29) is 18.0 Å². The van der Waals surface area contributed by atoms with Crippen molar-refractivity contribution in [2.24, 2.45) is 5.92 Å². The molecule has 1 saturated carbocycles. The molecule has 1 aliphatic carbocycles. The smallest absolute Gasteiger partial charge is 0.317 e. The van der Waals surface area contributed by atoms with Crippen molar-refractivity contribution in [3.05, 3.63) is 34.9 Å². The largest absolute Gasteiger partial charge is 0.481 e. The summed E-state index contributed by atoms with van der Waals surface area (Å²) >= 11 is 6.05. The Morgan fingerprint density at radius 2 is 1.88 bits per heavy atom. The van der Waals surface area contributed by atoms with E-state index in [1.807, 2.05) is 43.3 Å². The summed E-state index contributed by atoms with van der Waals surface area (Å²) in [5, 5.41) is 12.8. The van der Waals surface area contributed by atoms with Gasteiger partial charge < -0.3 is 20.2 Å². The van der Waals surface area contributed by atoms with Crippen LogP contribution in [0, 0.1) is 5.92 Å². The van der Waals surface area contributed by atoms with Crippen LogP contribution in [0.5, 0.6) is 0 Å². The van der Waals surface area contributed by atoms with Crippen LogP contribution in [0.1, 0.15) is 31.2 Å². The summed E-state index contributed by atoms with van der Waals surface area (Å²) in [5.41, 5.74) is 0.987. The molecule has 0 aliphatic heterocycles. The lowest BCUT2D eigenvalue weighted by Crippen LogP contribution is -2.47. The van der Waals surface area contributed by atoms with E-state index in [4.69, 9.17) is 16.7 Å². The molecule has 1 aliphatic rings. The Morgan fingerprint density at radius 1 is 1.19 bits per heavy atom. The zero-order chi connectivity index (χ0) is 19.1. The number of halogens is 1. The van der Waals surface area contributed by atoms with E-state index in [0.717, 1.165) is 12.1 Å². The summed E-state index contributed by atoms with van der Waals surface area (Å²) in [5.74, 6) is -1.01. The highest BCUT2D eigenvalue weighted by Gasteiger charge is 2.27. The summed E-state index contributed by atoms with van der Waals surface area (Å²) in [4.78, 5) is 27.7. The van der Waals surface area contributed by atoms with Gasteiger partial charge in [0.1, 0.15) is 0 Å². The fourth-order valence-corrected chi connectivity index (χ4v) is 3.39. The standard InChI is InChI=1S/C19H28ClN3O3/c1-22(2)10-11-23(13-14-4-3-5-16(20)12-14)19(26)21-17-8-6-15(7-9-17)18(24)25/h3-5,12,15,17H,6-11,13H2,1-2H3,(H,21,26)(H,24,25). The average Bonchev–Trinajstić information content (AvgIpc) is 2.58. The first-order chi connectivity index (χ1) is 12.3. The molecule has 144 valence electrons. The number of hydrogen-bond acceptors (Lipinski definition) is 3. The van der Waals surface area contributed by atoms with Crippen LogP contribution in [0.25, 0.3) is 0 Å². The van der Waals surface area contributed by atoms with Crippen molar-refractivity contribution in [2.45, 2.75) is 38.3 Å². The summed E-state index contributed by atoms with van der Waals surface area (Å²) in [6, 6.07) is 7.46. The van der Waals surface area contributed by atoms with Crippen molar-refractivity contribution < 1.29 is 14.7 Å². The van der Waals surface area contributed by atoms with Gasteiger partial charge in [-0.15, -0.1) is 0 Å². The summed E-state index contributed by atoms with van der Waals surface area (Å²) in [6.45, 7) is 1.86. The monoisotopic (exact) mass is 381 g/mol. The maximum Gasteiger partial charge on any atom is 0.317 e. The molecule has 1 aromatic rings. The summed E-state index contributed by atoms with van der Waals surface area (Å²) in [6.07, 6.45) is 2.65. The molecule has 26 heavy (non-hydrogen) atoms. The van der Waals surface area contributed by atoms with Crippen LogP contribution in [-0.2, 0) is 11.3 Å². The second-order valence-electron chi connectivity index (χ2n) is 7.19. The van der Waals surface area contributed by atoms with Crippen LogP contribution in [0.15, 0.2) is 24.3 Å². The normalized spacial score (nSPS) is 20.0. The van der Waals surface area contributed by atoms with Crippen molar-refractivity contribution in [2.75, 3.05) is 27.2 Å². The van der Waals surface area contributed by atoms with Gasteiger partial charge in [0.05, 0.1) is 5.92 Å². The number of carboxylic acids is 1. The molecule has 1 fully saturated rings. The summed E-state index contributed by atoms with van der Waals surface area (Å²) < 4.78 is 0. The molecular weight excluding hydrogens is 354 g/mol. The maximum absolute atomic E-state index is 12.8. The number of likely N-dealkylation sites (N-methyl/N-ethyl adjacent to an activating group) is 1. The lowest BCUT2D eigenvalue weighted by atomic mass is 9.86. The second-order valence-corrected chi connectivity index (χ2v) is 7.63. The number of nitrogens with one attached hydrogen (secondary N) is 1. The first kappa shape index (κ1) is 20.5.